The Kier molecular flexibility index (Phi) is 15.9. The van der Waals surface area contributed by atoms with Crippen LogP contribution in [0, 0.1) is 5.92 Å². The van der Waals surface area contributed by atoms with Crippen LogP contribution in [0.4, 0.5) is 22.0 Å². The van der Waals surface area contributed by atoms with E-state index in [4.69, 9.17) is 42.4 Å². The third-order valence-corrected chi connectivity index (χ3v) is 14.2. The van der Waals surface area contributed by atoms with Gasteiger partial charge < -0.3 is 33.8 Å². The molecule has 20 heteroatoms. The molecule has 4 aliphatic rings. The number of carbonyl (C=O) groups is 4. The van der Waals surface area contributed by atoms with E-state index in [0.717, 1.165) is 72.1 Å². The van der Waals surface area contributed by atoms with E-state index in [-0.39, 0.29) is 29.7 Å². The second-order valence-electron chi connectivity index (χ2n) is 18.0. The molecule has 70 heavy (non-hydrogen) atoms. The molecule has 370 valence electrons. The van der Waals surface area contributed by atoms with E-state index in [1.165, 1.54) is 0 Å². The lowest BCUT2D eigenvalue weighted by Crippen LogP contribution is -2.52. The maximum Gasteiger partial charge on any atom is 0.328 e. The number of likely N-dealkylation sites (tertiary alicyclic amines) is 1. The first-order valence-electron chi connectivity index (χ1n) is 24.1. The number of benzene rings is 2. The average Bonchev–Trinajstić information content (AvgIpc) is 3.80. The molecule has 3 aromatic heterocycles. The third-order valence-electron chi connectivity index (χ3n) is 13.6. The second-order valence-corrected chi connectivity index (χ2v) is 18.8. The van der Waals surface area contributed by atoms with Crippen LogP contribution < -0.4 is 24.8 Å². The van der Waals surface area contributed by atoms with E-state index in [1.807, 2.05) is 77.5 Å². The number of amides is 5. The van der Waals surface area contributed by atoms with Crippen molar-refractivity contribution < 1.29 is 33.4 Å². The van der Waals surface area contributed by atoms with Crippen molar-refractivity contribution in [2.24, 2.45) is 5.92 Å². The second kappa shape index (κ2) is 22.8. The van der Waals surface area contributed by atoms with Crippen LogP contribution in [0.3, 0.4) is 0 Å². The molecule has 18 nitrogen and oxygen atoms in total. The van der Waals surface area contributed by atoms with Crippen molar-refractivity contribution >= 4 is 75.1 Å². The molecule has 2 aromatic carbocycles. The van der Waals surface area contributed by atoms with Crippen LogP contribution in [-0.2, 0) is 23.9 Å². The number of fused-ring (bicyclic) bond motifs is 1. The summed E-state index contributed by atoms with van der Waals surface area (Å²) in [5.41, 5.74) is 5.06. The van der Waals surface area contributed by atoms with Gasteiger partial charge in [0.2, 0.25) is 17.7 Å². The van der Waals surface area contributed by atoms with Crippen molar-refractivity contribution in [2.45, 2.75) is 38.7 Å². The van der Waals surface area contributed by atoms with Crippen LogP contribution in [0.5, 0.6) is 5.75 Å². The van der Waals surface area contributed by atoms with Crippen molar-refractivity contribution in [2.75, 3.05) is 120 Å². The molecule has 7 heterocycles. The van der Waals surface area contributed by atoms with Gasteiger partial charge in [-0.05, 0) is 74.4 Å². The summed E-state index contributed by atoms with van der Waals surface area (Å²) in [6.45, 7) is 12.4. The topological polar surface area (TPSA) is 182 Å². The number of imide groups is 1. The summed E-state index contributed by atoms with van der Waals surface area (Å²) in [7, 11) is 0. The number of piperidine rings is 1. The molecule has 5 aromatic rings. The van der Waals surface area contributed by atoms with Crippen LogP contribution >= 0.6 is 23.2 Å². The van der Waals surface area contributed by atoms with E-state index in [0.29, 0.717) is 119 Å². The number of halogens is 2. The zero-order valence-corrected chi connectivity index (χ0v) is 40.9. The molecule has 0 radical (unpaired) electrons. The maximum absolute atomic E-state index is 13.6. The molecule has 0 saturated carbocycles. The van der Waals surface area contributed by atoms with E-state index in [2.05, 4.69) is 35.2 Å². The van der Waals surface area contributed by atoms with Gasteiger partial charge in [-0.2, -0.15) is 5.10 Å². The van der Waals surface area contributed by atoms with E-state index in [1.54, 1.807) is 17.3 Å². The van der Waals surface area contributed by atoms with Gasteiger partial charge in [0.05, 0.1) is 48.4 Å². The Morgan fingerprint density at radius 2 is 1.46 bits per heavy atom. The number of urea groups is 1. The number of hydrogen-bond donors (Lipinski definition) is 2. The largest absolute Gasteiger partial charge is 0.486 e. The van der Waals surface area contributed by atoms with E-state index >= 15 is 0 Å². The zero-order valence-electron chi connectivity index (χ0n) is 39.4. The molecule has 0 aliphatic carbocycles. The Morgan fingerprint density at radius 3 is 2.16 bits per heavy atom. The molecule has 4 aliphatic heterocycles. The highest BCUT2D eigenvalue weighted by atomic mass is 35.5. The predicted molar refractivity (Wildman–Crippen MR) is 268 cm³/mol. The highest BCUT2D eigenvalue weighted by Crippen LogP contribution is 2.35. The fraction of sp³-hybridized carbons (Fsp3) is 0.460. The Labute approximate surface area is 417 Å². The highest BCUT2D eigenvalue weighted by molar-refractivity contribution is 6.35. The number of aromatic nitrogens is 4. The lowest BCUT2D eigenvalue weighted by Gasteiger charge is -2.39. The number of carbonyl (C=O) groups excluding carboxylic acids is 4. The first-order valence-corrected chi connectivity index (χ1v) is 24.9. The van der Waals surface area contributed by atoms with Gasteiger partial charge in [-0.3, -0.25) is 39.6 Å². The standard InChI is InChI=1S/C50H59Cl2N11O7/c1-34(47-41(51)32-53-33-42(47)52)70-39-7-8-43-40(30-39)48(57-56-43)36-2-9-44(54-31-36)60-21-23-62(24-22-60)49(66)35-10-14-61(15-11-35)46(65)13-26-68-28-29-69-27-25-58-17-19-59(20-18-58)37-3-5-38(6-4-37)63-16-12-45(64)55-50(63)67/h2-9,30-35H,10-29H2,1H3,(H,56,57)(H,55,64,67)/t34-/m1/s1. The number of nitrogens with one attached hydrogen (secondary N) is 2. The minimum atomic E-state index is -0.404. The number of aromatic amines is 1. The highest BCUT2D eigenvalue weighted by Gasteiger charge is 2.32. The molecule has 5 amide bonds. The molecule has 0 bridgehead atoms. The quantitative estimate of drug-likeness (QED) is 0.103. The molecule has 0 spiro atoms. The average molecular weight is 997 g/mol. The minimum Gasteiger partial charge on any atom is -0.486 e. The smallest absolute Gasteiger partial charge is 0.328 e. The molecular weight excluding hydrogens is 938 g/mol. The summed E-state index contributed by atoms with van der Waals surface area (Å²) in [6, 6.07) is 17.3. The Bertz CT molecular complexity index is 2590. The maximum atomic E-state index is 13.6. The number of ether oxygens (including phenoxy) is 3. The number of nitrogens with zero attached hydrogens (tertiary/aromatic N) is 9. The summed E-state index contributed by atoms with van der Waals surface area (Å²) in [5, 5.41) is 11.8. The van der Waals surface area contributed by atoms with Gasteiger partial charge in [-0.15, -0.1) is 0 Å². The third kappa shape index (κ3) is 11.8. The van der Waals surface area contributed by atoms with Gasteiger partial charge in [-0.25, -0.2) is 9.78 Å². The fourth-order valence-electron chi connectivity index (χ4n) is 9.58. The molecule has 4 fully saturated rings. The van der Waals surface area contributed by atoms with Gasteiger partial charge in [0.15, 0.2) is 0 Å². The van der Waals surface area contributed by atoms with Crippen LogP contribution in [-0.4, -0.2) is 164 Å². The first kappa shape index (κ1) is 49.0. The lowest BCUT2D eigenvalue weighted by atomic mass is 9.94. The molecule has 0 unspecified atom stereocenters. The Hall–Kier alpha value is -6.05. The summed E-state index contributed by atoms with van der Waals surface area (Å²) < 4.78 is 17.8. The summed E-state index contributed by atoms with van der Waals surface area (Å²) in [6.07, 6.45) is 6.47. The number of piperazine rings is 2. The number of H-pyrrole nitrogens is 1. The van der Waals surface area contributed by atoms with Crippen LogP contribution in [0.2, 0.25) is 10.0 Å². The van der Waals surface area contributed by atoms with Crippen LogP contribution in [0.1, 0.15) is 44.3 Å². The number of rotatable bonds is 17. The van der Waals surface area contributed by atoms with E-state index < -0.39 is 6.10 Å². The van der Waals surface area contributed by atoms with Gasteiger partial charge in [0.25, 0.3) is 0 Å². The van der Waals surface area contributed by atoms with Crippen molar-refractivity contribution in [3.05, 3.63) is 88.8 Å². The summed E-state index contributed by atoms with van der Waals surface area (Å²) in [4.78, 5) is 71.4. The summed E-state index contributed by atoms with van der Waals surface area (Å²) >= 11 is 12.7. The van der Waals surface area contributed by atoms with Crippen molar-refractivity contribution in [3.63, 3.8) is 0 Å². The van der Waals surface area contributed by atoms with Crippen LogP contribution in [0.25, 0.3) is 22.2 Å². The fourth-order valence-corrected chi connectivity index (χ4v) is 10.3. The molecule has 1 atom stereocenters. The molecule has 4 saturated heterocycles. The molecular formula is C50H59Cl2N11O7. The van der Waals surface area contributed by atoms with E-state index in [9.17, 15) is 19.2 Å². The number of hydrogen-bond acceptors (Lipinski definition) is 13. The van der Waals surface area contributed by atoms with Crippen molar-refractivity contribution in [1.82, 2.24) is 40.2 Å². The minimum absolute atomic E-state index is 0.0588. The Morgan fingerprint density at radius 1 is 0.757 bits per heavy atom. The summed E-state index contributed by atoms with van der Waals surface area (Å²) in [5.74, 6) is 1.40. The van der Waals surface area contributed by atoms with Gasteiger partial charge in [0.1, 0.15) is 23.4 Å². The monoisotopic (exact) mass is 995 g/mol. The van der Waals surface area contributed by atoms with Crippen LogP contribution in [0.15, 0.2) is 73.2 Å². The zero-order chi connectivity index (χ0) is 48.6. The SMILES string of the molecule is C[C@@H](Oc1ccc2[nH]nc(-c3ccc(N4CCN(C(=O)C5CCN(C(=O)CCOCCOCCN6CCN(c7ccc(N8CCC(=O)NC8=O)cc7)CC6)CC5)CC4)nc3)c2c1)c1c(Cl)cncc1Cl. The molecule has 2 N–H and O–H groups in total. The first-order chi connectivity index (χ1) is 34.1. The normalized spacial score (nSPS) is 17.8. The molecule has 9 rings (SSSR count). The Balaban J connectivity index is 0.623. The number of pyridine rings is 2. The van der Waals surface area contributed by atoms with Gasteiger partial charge >= 0.3 is 6.03 Å². The number of anilines is 3. The van der Waals surface area contributed by atoms with Crippen molar-refractivity contribution in [1.29, 1.82) is 0 Å². The van der Waals surface area contributed by atoms with Gasteiger partial charge in [0, 0.05) is 137 Å². The van der Waals surface area contributed by atoms with Crippen molar-refractivity contribution in [3.8, 4) is 17.0 Å². The van der Waals surface area contributed by atoms with Gasteiger partial charge in [-0.1, -0.05) is 23.2 Å². The predicted octanol–water partition coefficient (Wildman–Crippen LogP) is 6.05. The lowest BCUT2D eigenvalue weighted by molar-refractivity contribution is -0.141.